The van der Waals surface area contributed by atoms with Crippen LogP contribution in [0.2, 0.25) is 0 Å². The van der Waals surface area contributed by atoms with Crippen molar-refractivity contribution in [1.82, 2.24) is 10.9 Å². The average Bonchev–Trinajstić information content (AvgIpc) is 1.68. The summed E-state index contributed by atoms with van der Waals surface area (Å²) >= 11 is 0. The molecular formula is C2H6N4O2. The second-order valence-electron chi connectivity index (χ2n) is 1.16. The van der Waals surface area contributed by atoms with Crippen LogP contribution >= 0.6 is 0 Å². The highest BCUT2D eigenvalue weighted by atomic mass is 16.3. The summed E-state index contributed by atoms with van der Waals surface area (Å²) in [5.74, 6) is 0. The van der Waals surface area contributed by atoms with Gasteiger partial charge in [-0.05, 0) is 6.92 Å². The lowest BCUT2D eigenvalue weighted by Gasteiger charge is -2.02. The van der Waals surface area contributed by atoms with Gasteiger partial charge in [0.05, 0.1) is 10.6 Å². The summed E-state index contributed by atoms with van der Waals surface area (Å²) < 4.78 is 0. The first kappa shape index (κ1) is 6.80. The molecule has 0 saturated heterocycles. The van der Waals surface area contributed by atoms with Crippen LogP contribution in [-0.4, -0.2) is 6.17 Å². The highest BCUT2D eigenvalue weighted by Crippen LogP contribution is 1.70. The molecule has 0 aliphatic rings. The molecular weight excluding hydrogens is 112 g/mol. The lowest BCUT2D eigenvalue weighted by atomic mass is 10.6. The molecule has 0 amide bonds. The van der Waals surface area contributed by atoms with Crippen molar-refractivity contribution in [1.29, 1.82) is 0 Å². The minimum atomic E-state index is -0.495. The van der Waals surface area contributed by atoms with Crippen molar-refractivity contribution >= 4 is 0 Å². The predicted molar refractivity (Wildman–Crippen MR) is 27.3 cm³/mol. The first-order valence-corrected chi connectivity index (χ1v) is 1.97. The molecule has 0 radical (unpaired) electrons. The predicted octanol–water partition coefficient (Wildman–Crippen LogP) is -0.126. The number of nitroso groups, excluding NO2 is 2. The van der Waals surface area contributed by atoms with E-state index in [0.717, 1.165) is 0 Å². The van der Waals surface area contributed by atoms with Gasteiger partial charge in [-0.25, -0.2) is 0 Å². The maximum atomic E-state index is 9.35. The molecule has 0 aromatic rings. The summed E-state index contributed by atoms with van der Waals surface area (Å²) in [6.07, 6.45) is -0.495. The van der Waals surface area contributed by atoms with E-state index in [1.807, 2.05) is 10.9 Å². The molecule has 0 fully saturated rings. The maximum Gasteiger partial charge on any atom is 0.132 e. The van der Waals surface area contributed by atoms with E-state index in [1.54, 1.807) is 0 Å². The number of rotatable bonds is 4. The zero-order valence-electron chi connectivity index (χ0n) is 4.29. The molecule has 0 atom stereocenters. The molecule has 0 aliphatic heterocycles. The normalized spacial score (nSPS) is 8.25. The van der Waals surface area contributed by atoms with Crippen molar-refractivity contribution in [2.24, 2.45) is 10.6 Å². The fourth-order valence-electron chi connectivity index (χ4n) is 0.187. The van der Waals surface area contributed by atoms with Gasteiger partial charge in [0.2, 0.25) is 0 Å². The van der Waals surface area contributed by atoms with Gasteiger partial charge in [0.1, 0.15) is 6.17 Å². The van der Waals surface area contributed by atoms with Crippen molar-refractivity contribution in [2.75, 3.05) is 0 Å². The van der Waals surface area contributed by atoms with E-state index in [-0.39, 0.29) is 0 Å². The molecule has 0 unspecified atom stereocenters. The van der Waals surface area contributed by atoms with Crippen LogP contribution in [0.1, 0.15) is 6.92 Å². The van der Waals surface area contributed by atoms with E-state index in [0.29, 0.717) is 0 Å². The van der Waals surface area contributed by atoms with E-state index in [9.17, 15) is 9.81 Å². The van der Waals surface area contributed by atoms with Gasteiger partial charge in [-0.1, -0.05) is 0 Å². The molecule has 8 heavy (non-hydrogen) atoms. The lowest BCUT2D eigenvalue weighted by molar-refractivity contribution is 0.477. The molecule has 0 aliphatic carbocycles. The highest BCUT2D eigenvalue weighted by Gasteiger charge is 1.93. The SMILES string of the molecule is CC(NN=O)NN=O. The van der Waals surface area contributed by atoms with Gasteiger partial charge < -0.3 is 0 Å². The van der Waals surface area contributed by atoms with E-state index < -0.39 is 6.17 Å². The summed E-state index contributed by atoms with van der Waals surface area (Å²) in [7, 11) is 0. The van der Waals surface area contributed by atoms with Gasteiger partial charge in [-0.15, -0.1) is 9.81 Å². The summed E-state index contributed by atoms with van der Waals surface area (Å²) in [5, 5.41) is 4.59. The van der Waals surface area contributed by atoms with Crippen LogP contribution < -0.4 is 10.9 Å². The van der Waals surface area contributed by atoms with Crippen LogP contribution in [-0.2, 0) is 0 Å². The largest absolute Gasteiger partial charge is 0.250 e. The van der Waals surface area contributed by atoms with E-state index >= 15 is 0 Å². The Balaban J connectivity index is 3.16. The Morgan fingerprint density at radius 3 is 1.88 bits per heavy atom. The quantitative estimate of drug-likeness (QED) is 0.306. The monoisotopic (exact) mass is 118 g/mol. The Kier molecular flexibility index (Phi) is 3.38. The van der Waals surface area contributed by atoms with Gasteiger partial charge >= 0.3 is 0 Å². The van der Waals surface area contributed by atoms with Gasteiger partial charge in [-0.2, -0.15) is 0 Å². The molecule has 6 heteroatoms. The topological polar surface area (TPSA) is 82.9 Å². The maximum absolute atomic E-state index is 9.35. The molecule has 0 rings (SSSR count). The van der Waals surface area contributed by atoms with Crippen LogP contribution in [0.25, 0.3) is 0 Å². The van der Waals surface area contributed by atoms with Crippen molar-refractivity contribution in [2.45, 2.75) is 13.1 Å². The van der Waals surface area contributed by atoms with Gasteiger partial charge in [0.15, 0.2) is 0 Å². The van der Waals surface area contributed by atoms with Gasteiger partial charge in [-0.3, -0.25) is 10.9 Å². The number of nitrogens with zero attached hydrogens (tertiary/aromatic N) is 2. The summed E-state index contributed by atoms with van der Waals surface area (Å²) in [5.41, 5.74) is 4.02. The van der Waals surface area contributed by atoms with Crippen molar-refractivity contribution < 1.29 is 0 Å². The van der Waals surface area contributed by atoms with Crippen molar-refractivity contribution in [3.63, 3.8) is 0 Å². The highest BCUT2D eigenvalue weighted by molar-refractivity contribution is 4.46. The molecule has 0 aromatic carbocycles. The molecule has 6 nitrogen and oxygen atoms in total. The third-order valence-electron chi connectivity index (χ3n) is 0.493. The van der Waals surface area contributed by atoms with E-state index in [1.165, 1.54) is 6.92 Å². The molecule has 2 N–H and O–H groups in total. The third-order valence-corrected chi connectivity index (χ3v) is 0.493. The average molecular weight is 118 g/mol. The van der Waals surface area contributed by atoms with E-state index in [2.05, 4.69) is 10.6 Å². The fourth-order valence-corrected chi connectivity index (χ4v) is 0.187. The first-order valence-electron chi connectivity index (χ1n) is 1.97. The van der Waals surface area contributed by atoms with Crippen LogP contribution in [0.5, 0.6) is 0 Å². The minimum Gasteiger partial charge on any atom is -0.250 e. The van der Waals surface area contributed by atoms with Gasteiger partial charge in [0, 0.05) is 0 Å². The Morgan fingerprint density at radius 1 is 1.25 bits per heavy atom. The zero-order chi connectivity index (χ0) is 6.41. The summed E-state index contributed by atoms with van der Waals surface area (Å²) in [6, 6.07) is 0. The van der Waals surface area contributed by atoms with Crippen LogP contribution in [0, 0.1) is 9.81 Å². The number of hydrogen-bond acceptors (Lipinski definition) is 4. The van der Waals surface area contributed by atoms with Crippen LogP contribution in [0.3, 0.4) is 0 Å². The molecule has 0 aromatic heterocycles. The van der Waals surface area contributed by atoms with Gasteiger partial charge in [0.25, 0.3) is 0 Å². The van der Waals surface area contributed by atoms with E-state index in [4.69, 9.17) is 0 Å². The Bertz CT molecular complexity index is 74.1. The summed E-state index contributed by atoms with van der Waals surface area (Å²) in [4.78, 5) is 18.7. The fraction of sp³-hybridized carbons (Fsp3) is 1.00. The molecule has 46 valence electrons. The second kappa shape index (κ2) is 3.97. The smallest absolute Gasteiger partial charge is 0.132 e. The lowest BCUT2D eigenvalue weighted by Crippen LogP contribution is -2.32. The Morgan fingerprint density at radius 2 is 1.62 bits per heavy atom. The molecule has 0 bridgehead atoms. The standard InChI is InChI=1S/C2H6N4O2/c1-2(3-5-7)4-6-8/h2H,1H3,(H,3,7)(H,4,8). The van der Waals surface area contributed by atoms with Crippen LogP contribution in [0.15, 0.2) is 10.6 Å². The zero-order valence-corrected chi connectivity index (χ0v) is 4.29. The number of hydrogen-bond donors (Lipinski definition) is 2. The number of nitrogens with one attached hydrogen (secondary N) is 2. The molecule has 0 spiro atoms. The Labute approximate surface area is 45.5 Å². The van der Waals surface area contributed by atoms with Crippen molar-refractivity contribution in [3.05, 3.63) is 9.81 Å². The molecule has 0 heterocycles. The first-order chi connectivity index (χ1) is 3.81. The summed E-state index contributed by atoms with van der Waals surface area (Å²) in [6.45, 7) is 1.53. The van der Waals surface area contributed by atoms with Crippen LogP contribution in [0.4, 0.5) is 0 Å². The third kappa shape index (κ3) is 3.01. The Hall–Kier alpha value is -1.20. The molecule has 0 saturated carbocycles. The minimum absolute atomic E-state index is 0.495. The second-order valence-corrected chi connectivity index (χ2v) is 1.16. The van der Waals surface area contributed by atoms with Crippen molar-refractivity contribution in [3.8, 4) is 0 Å².